The van der Waals surface area contributed by atoms with Gasteiger partial charge in [0.1, 0.15) is 0 Å². The Kier molecular flexibility index (Phi) is 4.44. The van der Waals surface area contributed by atoms with Crippen LogP contribution >= 0.6 is 0 Å². The van der Waals surface area contributed by atoms with Gasteiger partial charge < -0.3 is 20.4 Å². The Morgan fingerprint density at radius 3 is 2.58 bits per heavy atom. The summed E-state index contributed by atoms with van der Waals surface area (Å²) in [6.07, 6.45) is 2.54. The number of amides is 2. The number of likely N-dealkylation sites (N-methyl/N-ethyl adjacent to an activating group) is 1. The monoisotopic (exact) mass is 267 g/mol. The molecule has 1 aromatic rings. The van der Waals surface area contributed by atoms with Gasteiger partial charge in [0.2, 0.25) is 0 Å². The summed E-state index contributed by atoms with van der Waals surface area (Å²) in [6.45, 7) is 3.32. The van der Waals surface area contributed by atoms with Gasteiger partial charge in [-0.05, 0) is 19.9 Å². The maximum Gasteiger partial charge on any atom is 0.337 e. The quantitative estimate of drug-likeness (QED) is 0.755. The van der Waals surface area contributed by atoms with Crippen LogP contribution in [-0.2, 0) is 0 Å². The third-order valence-electron chi connectivity index (χ3n) is 2.21. The van der Waals surface area contributed by atoms with Crippen molar-refractivity contribution in [1.29, 1.82) is 0 Å². The molecule has 0 saturated heterocycles. The topological polar surface area (TPSA) is 103 Å². The van der Waals surface area contributed by atoms with E-state index in [-0.39, 0.29) is 17.8 Å². The van der Waals surface area contributed by atoms with Gasteiger partial charge in [-0.2, -0.15) is 0 Å². The number of pyridine rings is 1. The molecule has 1 heterocycles. The second-order valence-electron chi connectivity index (χ2n) is 4.87. The summed E-state index contributed by atoms with van der Waals surface area (Å²) in [5, 5.41) is 20.9. The van der Waals surface area contributed by atoms with Crippen LogP contribution in [0.25, 0.3) is 0 Å². The van der Waals surface area contributed by atoms with Crippen LogP contribution in [-0.4, -0.2) is 51.3 Å². The highest BCUT2D eigenvalue weighted by molar-refractivity contribution is 5.92. The highest BCUT2D eigenvalue weighted by Gasteiger charge is 2.19. The fourth-order valence-corrected chi connectivity index (χ4v) is 1.50. The molecule has 0 bridgehead atoms. The van der Waals surface area contributed by atoms with E-state index in [0.29, 0.717) is 0 Å². The summed E-state index contributed by atoms with van der Waals surface area (Å²) in [4.78, 5) is 27.6. The molecule has 0 aromatic carbocycles. The summed E-state index contributed by atoms with van der Waals surface area (Å²) in [5.74, 6) is -1.12. The molecule has 1 aromatic heterocycles. The van der Waals surface area contributed by atoms with E-state index in [9.17, 15) is 14.7 Å². The lowest BCUT2D eigenvalue weighted by Crippen LogP contribution is -2.41. The predicted molar refractivity (Wildman–Crippen MR) is 69.1 cm³/mol. The minimum absolute atomic E-state index is 0.0112. The van der Waals surface area contributed by atoms with Gasteiger partial charge in [-0.15, -0.1) is 0 Å². The van der Waals surface area contributed by atoms with Gasteiger partial charge in [0, 0.05) is 13.2 Å². The summed E-state index contributed by atoms with van der Waals surface area (Å²) in [7, 11) is 1.53. The van der Waals surface area contributed by atoms with E-state index >= 15 is 0 Å². The molecular formula is C12H17N3O4. The molecule has 0 spiro atoms. The van der Waals surface area contributed by atoms with Crippen molar-refractivity contribution in [2.45, 2.75) is 19.4 Å². The number of carbonyl (C=O) groups excluding carboxylic acids is 1. The molecule has 0 aliphatic heterocycles. The van der Waals surface area contributed by atoms with E-state index < -0.39 is 17.6 Å². The minimum atomic E-state index is -1.12. The van der Waals surface area contributed by atoms with Crippen molar-refractivity contribution in [3.63, 3.8) is 0 Å². The van der Waals surface area contributed by atoms with Crippen molar-refractivity contribution >= 4 is 17.7 Å². The molecule has 3 N–H and O–H groups in total. The van der Waals surface area contributed by atoms with Crippen LogP contribution in [0.1, 0.15) is 24.2 Å². The molecule has 7 nitrogen and oxygen atoms in total. The van der Waals surface area contributed by atoms with Crippen LogP contribution in [0.3, 0.4) is 0 Å². The summed E-state index contributed by atoms with van der Waals surface area (Å²) >= 11 is 0. The number of aromatic carboxylic acids is 1. The standard InChI is InChI=1S/C12H17N3O4/c1-12(2,19)7-15(3)11(18)14-9-4-8(10(16)17)5-13-6-9/h4-6,19H,7H2,1-3H3,(H,14,18)(H,16,17). The number of nitrogens with one attached hydrogen (secondary N) is 1. The number of hydrogen-bond donors (Lipinski definition) is 3. The van der Waals surface area contributed by atoms with E-state index in [2.05, 4.69) is 10.3 Å². The normalized spacial score (nSPS) is 10.9. The van der Waals surface area contributed by atoms with Crippen LogP contribution in [0.4, 0.5) is 10.5 Å². The van der Waals surface area contributed by atoms with Crippen molar-refractivity contribution < 1.29 is 19.8 Å². The van der Waals surface area contributed by atoms with Gasteiger partial charge >= 0.3 is 12.0 Å². The summed E-state index contributed by atoms with van der Waals surface area (Å²) in [6, 6.07) is 0.858. The largest absolute Gasteiger partial charge is 0.478 e. The third-order valence-corrected chi connectivity index (χ3v) is 2.21. The first-order chi connectivity index (χ1) is 8.69. The van der Waals surface area contributed by atoms with Crippen molar-refractivity contribution in [1.82, 2.24) is 9.88 Å². The Morgan fingerprint density at radius 1 is 1.42 bits per heavy atom. The number of carboxylic acid groups (broad SMARTS) is 1. The number of nitrogens with zero attached hydrogens (tertiary/aromatic N) is 2. The van der Waals surface area contributed by atoms with Crippen LogP contribution in [0.2, 0.25) is 0 Å². The third kappa shape index (κ3) is 4.92. The molecule has 104 valence electrons. The zero-order valence-electron chi connectivity index (χ0n) is 11.0. The molecule has 2 amide bonds. The number of carbonyl (C=O) groups is 2. The molecule has 0 fully saturated rings. The lowest BCUT2D eigenvalue weighted by Gasteiger charge is -2.25. The molecule has 1 rings (SSSR count). The zero-order valence-corrected chi connectivity index (χ0v) is 11.0. The van der Waals surface area contributed by atoms with Gasteiger partial charge in [-0.1, -0.05) is 0 Å². The van der Waals surface area contributed by atoms with E-state index in [0.717, 1.165) is 0 Å². The van der Waals surface area contributed by atoms with Crippen molar-refractivity contribution in [2.24, 2.45) is 0 Å². The Balaban J connectivity index is 2.71. The molecule has 0 unspecified atom stereocenters. The van der Waals surface area contributed by atoms with E-state index in [1.165, 1.54) is 30.4 Å². The molecule has 0 aliphatic carbocycles. The molecule has 0 saturated carbocycles. The Morgan fingerprint density at radius 2 is 2.05 bits per heavy atom. The second-order valence-corrected chi connectivity index (χ2v) is 4.87. The molecular weight excluding hydrogens is 250 g/mol. The summed E-state index contributed by atoms with van der Waals surface area (Å²) in [5.41, 5.74) is -0.733. The molecule has 0 atom stereocenters. The first-order valence-electron chi connectivity index (χ1n) is 5.62. The van der Waals surface area contributed by atoms with Gasteiger partial charge in [-0.25, -0.2) is 9.59 Å². The highest BCUT2D eigenvalue weighted by atomic mass is 16.4. The lowest BCUT2D eigenvalue weighted by molar-refractivity contribution is 0.0550. The van der Waals surface area contributed by atoms with Crippen LogP contribution < -0.4 is 5.32 Å². The number of hydrogen-bond acceptors (Lipinski definition) is 4. The molecule has 7 heteroatoms. The fourth-order valence-electron chi connectivity index (χ4n) is 1.50. The Hall–Kier alpha value is -2.15. The maximum absolute atomic E-state index is 11.8. The predicted octanol–water partition coefficient (Wildman–Crippen LogP) is 1.01. The number of urea groups is 1. The highest BCUT2D eigenvalue weighted by Crippen LogP contribution is 2.10. The van der Waals surface area contributed by atoms with E-state index in [1.54, 1.807) is 13.8 Å². The number of rotatable bonds is 4. The van der Waals surface area contributed by atoms with Gasteiger partial charge in [-0.3, -0.25) is 4.98 Å². The average molecular weight is 267 g/mol. The van der Waals surface area contributed by atoms with Crippen LogP contribution in [0, 0.1) is 0 Å². The molecule has 19 heavy (non-hydrogen) atoms. The van der Waals surface area contributed by atoms with Crippen molar-refractivity contribution in [3.8, 4) is 0 Å². The van der Waals surface area contributed by atoms with E-state index in [4.69, 9.17) is 5.11 Å². The molecule has 0 radical (unpaired) electrons. The Bertz CT molecular complexity index is 482. The van der Waals surface area contributed by atoms with Gasteiger partial charge in [0.25, 0.3) is 0 Å². The minimum Gasteiger partial charge on any atom is -0.478 e. The fraction of sp³-hybridized carbons (Fsp3) is 0.417. The van der Waals surface area contributed by atoms with Gasteiger partial charge in [0.05, 0.1) is 29.6 Å². The first-order valence-corrected chi connectivity index (χ1v) is 5.62. The summed E-state index contributed by atoms with van der Waals surface area (Å²) < 4.78 is 0. The number of aliphatic hydroxyl groups is 1. The smallest absolute Gasteiger partial charge is 0.337 e. The van der Waals surface area contributed by atoms with Crippen molar-refractivity contribution in [2.75, 3.05) is 18.9 Å². The zero-order chi connectivity index (χ0) is 14.6. The van der Waals surface area contributed by atoms with Crippen LogP contribution in [0.15, 0.2) is 18.5 Å². The van der Waals surface area contributed by atoms with Crippen molar-refractivity contribution in [3.05, 3.63) is 24.0 Å². The molecule has 0 aliphatic rings. The van der Waals surface area contributed by atoms with E-state index in [1.807, 2.05) is 0 Å². The van der Waals surface area contributed by atoms with Crippen LogP contribution in [0.5, 0.6) is 0 Å². The van der Waals surface area contributed by atoms with Gasteiger partial charge in [0.15, 0.2) is 0 Å². The number of carboxylic acids is 1. The number of aromatic nitrogens is 1. The SMILES string of the molecule is CN(CC(C)(C)O)C(=O)Nc1cncc(C(=O)O)c1. The Labute approximate surface area is 110 Å². The average Bonchev–Trinajstić information content (AvgIpc) is 2.27. The maximum atomic E-state index is 11.8. The number of anilines is 1. The second kappa shape index (κ2) is 5.66. The first kappa shape index (κ1) is 14.9. The lowest BCUT2D eigenvalue weighted by atomic mass is 10.1.